The largest absolute Gasteiger partial charge is 0.498 e. The van der Waals surface area contributed by atoms with Crippen LogP contribution in [-0.4, -0.2) is 70.3 Å². The zero-order valence-corrected chi connectivity index (χ0v) is 22.3. The Morgan fingerprint density at radius 3 is 2.54 bits per heavy atom. The number of ether oxygens (including phenoxy) is 4. The molecule has 1 saturated heterocycles. The number of hydrogen-bond donors (Lipinski definition) is 0. The second-order valence-electron chi connectivity index (χ2n) is 9.55. The van der Waals surface area contributed by atoms with Crippen molar-refractivity contribution in [1.82, 2.24) is 9.80 Å². The first-order valence-corrected chi connectivity index (χ1v) is 12.8. The van der Waals surface area contributed by atoms with Crippen LogP contribution >= 0.6 is 0 Å². The highest BCUT2D eigenvalue weighted by Crippen LogP contribution is 2.31. The number of fused-ring (bicyclic) bond motifs is 1. The maximum atomic E-state index is 13.4. The van der Waals surface area contributed by atoms with Crippen LogP contribution in [0.3, 0.4) is 0 Å². The van der Waals surface area contributed by atoms with Crippen molar-refractivity contribution >= 4 is 5.91 Å². The Hall–Kier alpha value is -3.29. The summed E-state index contributed by atoms with van der Waals surface area (Å²) < 4.78 is 22.2. The fourth-order valence-corrected chi connectivity index (χ4v) is 5.23. The van der Waals surface area contributed by atoms with Crippen LogP contribution in [-0.2, 0) is 27.1 Å². The molecule has 1 amide bonds. The lowest BCUT2D eigenvalue weighted by atomic mass is 9.97. The molecule has 7 heteroatoms. The normalized spacial score (nSPS) is 22.6. The van der Waals surface area contributed by atoms with E-state index in [1.165, 1.54) is 5.56 Å². The van der Waals surface area contributed by atoms with Crippen molar-refractivity contribution in [2.45, 2.75) is 25.4 Å². The quantitative estimate of drug-likeness (QED) is 0.503. The van der Waals surface area contributed by atoms with Crippen molar-refractivity contribution in [3.05, 3.63) is 83.3 Å². The standard InChI is InChI=1S/C30H38N2O5/c1-34-26-12-11-22(18-28(26)36-3)13-16-31-17-14-23(20-31)21-32-15-7-10-27(35-2)30(37-4)25-9-6-5-8-24(25)19-29(32)33/h5-12,15,18,23,30H,13-14,16-17,19-21H2,1-4H3/b15-7-,27-10-. The number of hydrogen-bond acceptors (Lipinski definition) is 6. The molecular weight excluding hydrogens is 468 g/mol. The van der Waals surface area contributed by atoms with Gasteiger partial charge in [-0.15, -0.1) is 0 Å². The lowest BCUT2D eigenvalue weighted by Gasteiger charge is -2.26. The molecule has 0 aliphatic carbocycles. The van der Waals surface area contributed by atoms with E-state index in [1.54, 1.807) is 28.4 Å². The summed E-state index contributed by atoms with van der Waals surface area (Å²) in [4.78, 5) is 17.7. The smallest absolute Gasteiger partial charge is 0.230 e. The number of amides is 1. The predicted octanol–water partition coefficient (Wildman–Crippen LogP) is 4.38. The summed E-state index contributed by atoms with van der Waals surface area (Å²) in [5.41, 5.74) is 3.15. The van der Waals surface area contributed by atoms with E-state index in [1.807, 2.05) is 53.6 Å². The van der Waals surface area contributed by atoms with Crippen LogP contribution in [0.2, 0.25) is 0 Å². The first kappa shape index (κ1) is 26.8. The topological polar surface area (TPSA) is 60.5 Å². The number of carbonyl (C=O) groups is 1. The Morgan fingerprint density at radius 1 is 0.973 bits per heavy atom. The maximum absolute atomic E-state index is 13.4. The fraction of sp³-hybridized carbons (Fsp3) is 0.433. The molecule has 1 fully saturated rings. The predicted molar refractivity (Wildman–Crippen MR) is 144 cm³/mol. The van der Waals surface area contributed by atoms with Gasteiger partial charge in [-0.05, 0) is 66.3 Å². The Kier molecular flexibility index (Phi) is 9.25. The number of benzene rings is 2. The number of methoxy groups -OCH3 is 4. The highest BCUT2D eigenvalue weighted by atomic mass is 16.5. The van der Waals surface area contributed by atoms with Gasteiger partial charge in [0.2, 0.25) is 5.91 Å². The van der Waals surface area contributed by atoms with Crippen LogP contribution in [0, 0.1) is 5.92 Å². The molecule has 2 aromatic rings. The van der Waals surface area contributed by atoms with Gasteiger partial charge in [0.05, 0.1) is 27.8 Å². The molecule has 0 spiro atoms. The van der Waals surface area contributed by atoms with Gasteiger partial charge in [0.1, 0.15) is 11.9 Å². The Labute approximate surface area is 220 Å². The van der Waals surface area contributed by atoms with Gasteiger partial charge >= 0.3 is 0 Å². The molecule has 7 nitrogen and oxygen atoms in total. The van der Waals surface area contributed by atoms with E-state index >= 15 is 0 Å². The lowest BCUT2D eigenvalue weighted by molar-refractivity contribution is -0.128. The summed E-state index contributed by atoms with van der Waals surface area (Å²) in [6.07, 6.45) is 7.66. The van der Waals surface area contributed by atoms with Crippen LogP contribution in [0.4, 0.5) is 0 Å². The first-order chi connectivity index (χ1) is 18.1. The van der Waals surface area contributed by atoms with Gasteiger partial charge in [-0.25, -0.2) is 0 Å². The molecule has 0 radical (unpaired) electrons. The van der Waals surface area contributed by atoms with Crippen molar-refractivity contribution < 1.29 is 23.7 Å². The minimum absolute atomic E-state index is 0.0941. The summed E-state index contributed by atoms with van der Waals surface area (Å²) in [5.74, 6) is 2.74. The summed E-state index contributed by atoms with van der Waals surface area (Å²) in [7, 11) is 6.63. The van der Waals surface area contributed by atoms with E-state index in [2.05, 4.69) is 17.0 Å². The maximum Gasteiger partial charge on any atom is 0.230 e. The highest BCUT2D eigenvalue weighted by molar-refractivity contribution is 5.80. The van der Waals surface area contributed by atoms with Crippen LogP contribution in [0.1, 0.15) is 29.2 Å². The molecule has 0 aromatic heterocycles. The second-order valence-corrected chi connectivity index (χ2v) is 9.55. The zero-order chi connectivity index (χ0) is 26.2. The SMILES string of the molecule is CO/C1=C\C=C/N(CC2CCN(CCc3ccc(OC)c(OC)c3)C2)C(=O)Cc2ccccc2C1OC. The minimum Gasteiger partial charge on any atom is -0.498 e. The summed E-state index contributed by atoms with van der Waals surface area (Å²) in [5, 5.41) is 0. The number of likely N-dealkylation sites (tertiary alicyclic amines) is 1. The van der Waals surface area contributed by atoms with Gasteiger partial charge in [-0.1, -0.05) is 30.3 Å². The van der Waals surface area contributed by atoms with Crippen molar-refractivity contribution in [1.29, 1.82) is 0 Å². The fourth-order valence-electron chi connectivity index (χ4n) is 5.23. The zero-order valence-electron chi connectivity index (χ0n) is 22.3. The average molecular weight is 507 g/mol. The average Bonchev–Trinajstić information content (AvgIpc) is 3.38. The number of rotatable bonds is 9. The molecule has 0 N–H and O–H groups in total. The number of carbonyl (C=O) groups excluding carboxylic acids is 1. The molecule has 0 saturated carbocycles. The van der Waals surface area contributed by atoms with E-state index in [-0.39, 0.29) is 12.0 Å². The van der Waals surface area contributed by atoms with Crippen molar-refractivity contribution in [2.24, 2.45) is 5.92 Å². The molecule has 2 aliphatic rings. The first-order valence-electron chi connectivity index (χ1n) is 12.8. The number of nitrogens with zero attached hydrogens (tertiary/aromatic N) is 2. The van der Waals surface area contributed by atoms with Gasteiger partial charge in [-0.2, -0.15) is 0 Å². The molecular formula is C30H38N2O5. The lowest BCUT2D eigenvalue weighted by Crippen LogP contribution is -2.34. The van der Waals surface area contributed by atoms with Gasteiger partial charge in [0.15, 0.2) is 11.5 Å². The summed E-state index contributed by atoms with van der Waals surface area (Å²) in [6.45, 7) is 3.69. The van der Waals surface area contributed by atoms with Gasteiger partial charge in [0, 0.05) is 32.9 Å². The Bertz CT molecular complexity index is 1130. The summed E-state index contributed by atoms with van der Waals surface area (Å²) in [6, 6.07) is 14.1. The molecule has 2 aliphatic heterocycles. The van der Waals surface area contributed by atoms with E-state index in [0.717, 1.165) is 55.1 Å². The molecule has 2 atom stereocenters. The molecule has 2 heterocycles. The van der Waals surface area contributed by atoms with E-state index in [4.69, 9.17) is 18.9 Å². The molecule has 198 valence electrons. The van der Waals surface area contributed by atoms with E-state index in [0.29, 0.717) is 24.6 Å². The molecule has 4 rings (SSSR count). The third-order valence-electron chi connectivity index (χ3n) is 7.25. The van der Waals surface area contributed by atoms with Gasteiger partial charge < -0.3 is 28.7 Å². The van der Waals surface area contributed by atoms with Crippen molar-refractivity contribution in [3.8, 4) is 11.5 Å². The van der Waals surface area contributed by atoms with Crippen LogP contribution in [0.15, 0.2) is 66.6 Å². The number of allylic oxidation sites excluding steroid dienone is 2. The van der Waals surface area contributed by atoms with Crippen molar-refractivity contribution in [3.63, 3.8) is 0 Å². The van der Waals surface area contributed by atoms with E-state index < -0.39 is 0 Å². The highest BCUT2D eigenvalue weighted by Gasteiger charge is 2.27. The minimum atomic E-state index is -0.348. The van der Waals surface area contributed by atoms with Gasteiger partial charge in [-0.3, -0.25) is 4.79 Å². The van der Waals surface area contributed by atoms with Crippen LogP contribution in [0.5, 0.6) is 11.5 Å². The van der Waals surface area contributed by atoms with Crippen molar-refractivity contribution in [2.75, 3.05) is 54.6 Å². The third kappa shape index (κ3) is 6.53. The Balaban J connectivity index is 1.41. The Morgan fingerprint density at radius 2 is 1.78 bits per heavy atom. The molecule has 2 aromatic carbocycles. The van der Waals surface area contributed by atoms with Crippen LogP contribution in [0.25, 0.3) is 0 Å². The monoisotopic (exact) mass is 506 g/mol. The molecule has 37 heavy (non-hydrogen) atoms. The van der Waals surface area contributed by atoms with E-state index in [9.17, 15) is 4.79 Å². The van der Waals surface area contributed by atoms with Gasteiger partial charge in [0.25, 0.3) is 0 Å². The summed E-state index contributed by atoms with van der Waals surface area (Å²) >= 11 is 0. The second kappa shape index (κ2) is 12.8. The third-order valence-corrected chi connectivity index (χ3v) is 7.25. The van der Waals surface area contributed by atoms with Crippen LogP contribution < -0.4 is 9.47 Å². The molecule has 2 unspecified atom stereocenters. The molecule has 0 bridgehead atoms.